The highest BCUT2D eigenvalue weighted by Crippen LogP contribution is 2.47. The molecular formula is C29H37N6O2S+. The van der Waals surface area contributed by atoms with E-state index in [1.807, 2.05) is 43.5 Å². The maximum atomic E-state index is 12.1. The molecule has 0 bridgehead atoms. The van der Waals surface area contributed by atoms with Crippen molar-refractivity contribution in [3.8, 4) is 0 Å². The van der Waals surface area contributed by atoms with Gasteiger partial charge >= 0.3 is 11.9 Å². The molecular weight excluding hydrogens is 496 g/mol. The summed E-state index contributed by atoms with van der Waals surface area (Å²) in [5.74, 6) is 2.89. The molecule has 1 amide bonds. The number of amidine groups is 1. The molecule has 0 aromatic heterocycles. The van der Waals surface area contributed by atoms with Gasteiger partial charge in [0, 0.05) is 36.1 Å². The van der Waals surface area contributed by atoms with Crippen molar-refractivity contribution in [2.24, 2.45) is 16.8 Å². The van der Waals surface area contributed by atoms with Gasteiger partial charge in [-0.1, -0.05) is 29.8 Å². The lowest BCUT2D eigenvalue weighted by atomic mass is 9.88. The highest BCUT2D eigenvalue weighted by molar-refractivity contribution is 7.99. The zero-order valence-corrected chi connectivity index (χ0v) is 23.0. The van der Waals surface area contributed by atoms with Crippen molar-refractivity contribution < 1.29 is 9.53 Å². The van der Waals surface area contributed by atoms with Crippen LogP contribution in [-0.2, 0) is 9.53 Å². The average molecular weight is 534 g/mol. The molecule has 9 heteroatoms. The number of hydrogen-bond acceptors (Lipinski definition) is 7. The first kappa shape index (κ1) is 25.3. The number of aliphatic imine (C=N–C) groups is 1. The Hall–Kier alpha value is -3.00. The Labute approximate surface area is 228 Å². The molecule has 6 rings (SSSR count). The number of benzene rings is 1. The molecule has 200 valence electrons. The van der Waals surface area contributed by atoms with E-state index in [1.165, 1.54) is 12.8 Å². The number of unbranched alkanes of at least 4 members (excludes halogenated alkanes) is 1. The third-order valence-corrected chi connectivity index (χ3v) is 8.61. The Bertz CT molecular complexity index is 1230. The quantitative estimate of drug-likeness (QED) is 0.297. The van der Waals surface area contributed by atoms with Crippen molar-refractivity contribution in [1.82, 2.24) is 20.2 Å². The second kappa shape index (κ2) is 10.6. The Morgan fingerprint density at radius 1 is 1.21 bits per heavy atom. The fraction of sp³-hybridized carbons (Fsp3) is 0.517. The van der Waals surface area contributed by atoms with E-state index in [9.17, 15) is 4.79 Å². The molecule has 3 heterocycles. The van der Waals surface area contributed by atoms with E-state index in [0.717, 1.165) is 79.0 Å². The number of likely N-dealkylation sites (tertiary alicyclic amines) is 1. The van der Waals surface area contributed by atoms with Gasteiger partial charge in [0.15, 0.2) is 5.50 Å². The summed E-state index contributed by atoms with van der Waals surface area (Å²) in [5, 5.41) is 10.0. The van der Waals surface area contributed by atoms with Gasteiger partial charge in [-0.2, -0.15) is 0 Å². The van der Waals surface area contributed by atoms with E-state index in [1.54, 1.807) is 11.8 Å². The van der Waals surface area contributed by atoms with Crippen molar-refractivity contribution in [2.45, 2.75) is 68.4 Å². The van der Waals surface area contributed by atoms with Gasteiger partial charge in [-0.05, 0) is 62.3 Å². The normalized spacial score (nSPS) is 23.5. The number of allylic oxidation sites excluding steroid dienone is 2. The summed E-state index contributed by atoms with van der Waals surface area (Å²) in [6, 6.07) is 8.03. The van der Waals surface area contributed by atoms with Crippen LogP contribution in [0.15, 0.2) is 57.8 Å². The van der Waals surface area contributed by atoms with Gasteiger partial charge in [-0.15, -0.1) is 0 Å². The molecule has 3 aliphatic heterocycles. The van der Waals surface area contributed by atoms with E-state index in [-0.39, 0.29) is 22.9 Å². The molecule has 1 saturated heterocycles. The third kappa shape index (κ3) is 5.85. The number of rotatable bonds is 11. The molecule has 3 fully saturated rings. The standard InChI is InChI=1S/C29H36N6O2S/c1-3-4-13-37-29(21-7-8-21)17-35(18-29)26-15-25(31-23-14-19(2)30-16-23)33-28(34-26)38-24-11-9-22(10-12-24)32-27(36)20-5-6-20/h9-12,14-16,20-21,28H,3-8,13,17-18H2,1-2H3,(H2,32,33,34,36)/p+1. The number of nitrogens with one attached hydrogen (secondary N) is 3. The first-order valence-electron chi connectivity index (χ1n) is 13.9. The molecule has 2 saturated carbocycles. The van der Waals surface area contributed by atoms with Gasteiger partial charge in [0.05, 0.1) is 19.2 Å². The van der Waals surface area contributed by atoms with E-state index < -0.39 is 0 Å². The first-order chi connectivity index (χ1) is 18.5. The molecule has 0 spiro atoms. The maximum Gasteiger partial charge on any atom is 0.316 e. The van der Waals surface area contributed by atoms with Crippen LogP contribution in [0, 0.1) is 11.8 Å². The van der Waals surface area contributed by atoms with Crippen LogP contribution in [0.2, 0.25) is 0 Å². The lowest BCUT2D eigenvalue weighted by Gasteiger charge is -2.51. The fourth-order valence-corrected chi connectivity index (χ4v) is 5.98. The number of carbonyl (C=O) groups excluding carboxylic acids is 1. The number of amides is 1. The smallest absolute Gasteiger partial charge is 0.316 e. The molecule has 1 atom stereocenters. The molecule has 8 nitrogen and oxygen atoms in total. The van der Waals surface area contributed by atoms with Crippen molar-refractivity contribution in [2.75, 3.05) is 25.0 Å². The highest BCUT2D eigenvalue weighted by Gasteiger charge is 2.55. The molecule has 0 radical (unpaired) electrons. The molecule has 1 aromatic rings. The lowest BCUT2D eigenvalue weighted by molar-refractivity contribution is -0.136. The minimum Gasteiger partial charge on any atom is -0.371 e. The SMILES string of the molecule is CCCCOC1(C2CC2)CN(C2=NC(Sc3ccc(NC(=O)C4CC4)cc3)NC(NC3=CC(C)=[N+]=C3)=C2)C1. The van der Waals surface area contributed by atoms with Crippen LogP contribution in [0.3, 0.4) is 0 Å². The van der Waals surface area contributed by atoms with Crippen LogP contribution < -0.4 is 20.6 Å². The second-order valence-electron chi connectivity index (χ2n) is 11.0. The number of thioether (sulfide) groups is 1. The number of anilines is 1. The van der Waals surface area contributed by atoms with Gasteiger partial charge in [0.1, 0.15) is 23.0 Å². The first-order valence-corrected chi connectivity index (χ1v) is 14.8. The lowest BCUT2D eigenvalue weighted by Crippen LogP contribution is -2.66. The van der Waals surface area contributed by atoms with Crippen LogP contribution >= 0.6 is 11.8 Å². The van der Waals surface area contributed by atoms with Gasteiger partial charge in [0.2, 0.25) is 5.91 Å². The maximum absolute atomic E-state index is 12.1. The van der Waals surface area contributed by atoms with Crippen molar-refractivity contribution in [3.63, 3.8) is 0 Å². The number of carbonyl (C=O) groups is 1. The molecule has 3 N–H and O–H groups in total. The molecule has 38 heavy (non-hydrogen) atoms. The summed E-state index contributed by atoms with van der Waals surface area (Å²) >= 11 is 1.66. The van der Waals surface area contributed by atoms with Crippen LogP contribution in [-0.4, -0.2) is 59.4 Å². The summed E-state index contributed by atoms with van der Waals surface area (Å²) in [4.78, 5) is 20.6. The molecule has 1 unspecified atom stereocenters. The third-order valence-electron chi connectivity index (χ3n) is 7.62. The molecule has 1 aromatic carbocycles. The Balaban J connectivity index is 1.14. The number of hydrogen-bond donors (Lipinski definition) is 3. The van der Waals surface area contributed by atoms with Gasteiger partial charge in [-0.25, -0.2) is 4.99 Å². The van der Waals surface area contributed by atoms with Crippen molar-refractivity contribution in [3.05, 3.63) is 47.9 Å². The number of ether oxygens (including phenoxy) is 1. The fourth-order valence-electron chi connectivity index (χ4n) is 5.08. The monoisotopic (exact) mass is 533 g/mol. The van der Waals surface area contributed by atoms with E-state index >= 15 is 0 Å². The Morgan fingerprint density at radius 3 is 2.66 bits per heavy atom. The van der Waals surface area contributed by atoms with E-state index in [4.69, 9.17) is 9.73 Å². The van der Waals surface area contributed by atoms with Crippen molar-refractivity contribution in [1.29, 1.82) is 0 Å². The van der Waals surface area contributed by atoms with Gasteiger partial charge in [-0.3, -0.25) is 4.79 Å². The van der Waals surface area contributed by atoms with E-state index in [2.05, 4.69) is 38.5 Å². The van der Waals surface area contributed by atoms with Crippen LogP contribution in [0.5, 0.6) is 0 Å². The molecule has 5 aliphatic rings. The largest absolute Gasteiger partial charge is 0.371 e. The summed E-state index contributed by atoms with van der Waals surface area (Å²) in [5.41, 5.74) is 2.58. The Kier molecular flexibility index (Phi) is 7.08. The van der Waals surface area contributed by atoms with Gasteiger partial charge < -0.3 is 25.6 Å². The minimum absolute atomic E-state index is 0.0138. The predicted octanol–water partition coefficient (Wildman–Crippen LogP) is 3.62. The number of nitrogens with zero attached hydrogens (tertiary/aromatic N) is 3. The van der Waals surface area contributed by atoms with Crippen LogP contribution in [0.4, 0.5) is 5.69 Å². The zero-order chi connectivity index (χ0) is 26.1. The summed E-state index contributed by atoms with van der Waals surface area (Å²) in [6.07, 6.45) is 12.8. The van der Waals surface area contributed by atoms with Gasteiger partial charge in [0.25, 0.3) is 0 Å². The average Bonchev–Trinajstić information content (AvgIpc) is 3.80. The zero-order valence-electron chi connectivity index (χ0n) is 22.2. The topological polar surface area (TPSA) is 92.1 Å². The van der Waals surface area contributed by atoms with Crippen molar-refractivity contribution >= 4 is 41.1 Å². The Morgan fingerprint density at radius 2 is 2.00 bits per heavy atom. The highest BCUT2D eigenvalue weighted by atomic mass is 32.2. The van der Waals surface area contributed by atoms with Crippen LogP contribution in [0.25, 0.3) is 0 Å². The minimum atomic E-state index is -0.189. The van der Waals surface area contributed by atoms with Crippen LogP contribution in [0.1, 0.15) is 52.4 Å². The summed E-state index contributed by atoms with van der Waals surface area (Å²) in [7, 11) is 0. The second-order valence-corrected chi connectivity index (χ2v) is 12.1. The predicted molar refractivity (Wildman–Crippen MR) is 154 cm³/mol. The summed E-state index contributed by atoms with van der Waals surface area (Å²) in [6.45, 7) is 6.84. The van der Waals surface area contributed by atoms with E-state index in [0.29, 0.717) is 5.92 Å². The summed E-state index contributed by atoms with van der Waals surface area (Å²) < 4.78 is 10.8. The molecule has 2 aliphatic carbocycles.